The minimum Gasteiger partial charge on any atom is -0.464 e. The molecule has 4 aliphatic rings. The Kier molecular flexibility index (Phi) is 27.4. The molecule has 0 amide bonds. The highest BCUT2D eigenvalue weighted by Crippen LogP contribution is 2.52. The number of hydrogen-bond acceptors (Lipinski definition) is 30. The van der Waals surface area contributed by atoms with Crippen molar-refractivity contribution in [2.75, 3.05) is 64.3 Å². The van der Waals surface area contributed by atoms with Crippen LogP contribution in [0.25, 0.3) is 11.0 Å². The van der Waals surface area contributed by atoms with Crippen molar-refractivity contribution in [3.63, 3.8) is 0 Å². The first-order chi connectivity index (χ1) is 50.5. The maximum atomic E-state index is 14.6. The lowest BCUT2D eigenvalue weighted by Gasteiger charge is -2.31. The van der Waals surface area contributed by atoms with Gasteiger partial charge in [0.05, 0.1) is 48.3 Å². The molecule has 2 aromatic carbocycles. The average Bonchev–Trinajstić information content (AvgIpc) is 1.59. The van der Waals surface area contributed by atoms with Crippen molar-refractivity contribution in [2.24, 2.45) is 35.5 Å². The molecular weight excluding hydrogens is 1420 g/mol. The Hall–Kier alpha value is -9.18. The van der Waals surface area contributed by atoms with E-state index in [4.69, 9.17) is 76.9 Å². The van der Waals surface area contributed by atoms with E-state index < -0.39 is 148 Å². The third-order valence-corrected chi connectivity index (χ3v) is 20.7. The normalized spacial score (nSPS) is 23.6. The summed E-state index contributed by atoms with van der Waals surface area (Å²) in [7, 11) is -9.15. The fraction of sp³-hybridized carbons (Fsp3) is 0.543. The van der Waals surface area contributed by atoms with E-state index in [0.29, 0.717) is 37.5 Å². The molecule has 4 aliphatic heterocycles. The number of carbonyl (C=O) groups is 6. The molecule has 0 spiro atoms. The lowest BCUT2D eigenvalue weighted by Crippen LogP contribution is -2.50. The molecular formula is C70H90N12O22P2. The average molecular weight is 1510 g/mol. The summed E-state index contributed by atoms with van der Waals surface area (Å²) in [5.41, 5.74) is 8.98. The Bertz CT molecular complexity index is 3950. The number of aromatic nitrogens is 6. The number of nitriles is 2. The maximum absolute atomic E-state index is 14.6. The predicted molar refractivity (Wildman–Crippen MR) is 373 cm³/mol. The Balaban J connectivity index is 0.000000245. The van der Waals surface area contributed by atoms with Crippen LogP contribution in [0.1, 0.15) is 119 Å². The van der Waals surface area contributed by atoms with E-state index in [2.05, 4.69) is 30.3 Å². The van der Waals surface area contributed by atoms with Crippen molar-refractivity contribution in [1.82, 2.24) is 39.4 Å². The van der Waals surface area contributed by atoms with Crippen molar-refractivity contribution < 1.29 is 103 Å². The number of nitrogens with one attached hydrogen (secondary N) is 2. The molecule has 4 saturated heterocycles. The van der Waals surface area contributed by atoms with Crippen molar-refractivity contribution >= 4 is 74.0 Å². The molecule has 8 heterocycles. The van der Waals surface area contributed by atoms with Gasteiger partial charge in [-0.3, -0.25) is 37.8 Å². The van der Waals surface area contributed by atoms with E-state index in [1.54, 1.807) is 116 Å². The molecule has 0 radical (unpaired) electrons. The molecule has 0 bridgehead atoms. The van der Waals surface area contributed by atoms with Gasteiger partial charge in [-0.2, -0.15) is 30.9 Å². The topological polar surface area (TPSA) is 450 Å². The molecule has 0 unspecified atom stereocenters. The molecule has 12 atom stereocenters. The van der Waals surface area contributed by atoms with Gasteiger partial charge in [0.25, 0.3) is 0 Å². The van der Waals surface area contributed by atoms with E-state index in [-0.39, 0.29) is 59.6 Å². The Morgan fingerprint density at radius 3 is 1.19 bits per heavy atom. The summed E-state index contributed by atoms with van der Waals surface area (Å²) in [5, 5.41) is 35.5. The van der Waals surface area contributed by atoms with Crippen LogP contribution in [0.5, 0.6) is 11.5 Å². The second-order valence-electron chi connectivity index (χ2n) is 27.0. The number of ether oxygens (including phenoxy) is 10. The molecule has 0 saturated carbocycles. The van der Waals surface area contributed by atoms with Gasteiger partial charge in [0.1, 0.15) is 84.8 Å². The number of rotatable bonds is 30. The lowest BCUT2D eigenvalue weighted by atomic mass is 9.95. The summed E-state index contributed by atoms with van der Waals surface area (Å²) in [6.45, 7) is 16.5. The number of carbonyl (C=O) groups excluding carboxylic acids is 6. The summed E-state index contributed by atoms with van der Waals surface area (Å²) in [6.07, 6.45) is -3.29. The number of benzene rings is 2. The number of para-hydroxylation sites is 2. The van der Waals surface area contributed by atoms with E-state index in [1.807, 2.05) is 12.1 Å². The van der Waals surface area contributed by atoms with Gasteiger partial charge in [0.2, 0.25) is 11.2 Å². The highest BCUT2D eigenvalue weighted by atomic mass is 31.2. The van der Waals surface area contributed by atoms with Crippen LogP contribution in [-0.2, 0) is 94.3 Å². The first-order valence-corrected chi connectivity index (χ1v) is 37.8. The Labute approximate surface area is 612 Å². The van der Waals surface area contributed by atoms with Gasteiger partial charge in [-0.05, 0) is 99.9 Å². The molecule has 572 valence electrons. The fourth-order valence-electron chi connectivity index (χ4n) is 11.4. The van der Waals surface area contributed by atoms with Gasteiger partial charge < -0.3 is 67.9 Å². The van der Waals surface area contributed by atoms with Crippen LogP contribution in [0.4, 0.5) is 11.6 Å². The Morgan fingerprint density at radius 1 is 0.519 bits per heavy atom. The van der Waals surface area contributed by atoms with E-state index >= 15 is 0 Å². The van der Waals surface area contributed by atoms with Gasteiger partial charge in [0.15, 0.2) is 36.1 Å². The summed E-state index contributed by atoms with van der Waals surface area (Å²) < 4.78 is 114. The molecule has 34 nitrogen and oxygen atoms in total. The number of esters is 6. The van der Waals surface area contributed by atoms with Crippen LogP contribution in [0.15, 0.2) is 97.6 Å². The molecule has 6 N–H and O–H groups in total. The maximum Gasteiger partial charge on any atom is 0.459 e. The second kappa shape index (κ2) is 35.9. The monoisotopic (exact) mass is 1510 g/mol. The Morgan fingerprint density at radius 2 is 0.858 bits per heavy atom. The third kappa shape index (κ3) is 19.9. The SMILES string of the molecule is CC(C)C(=O)O[C@H]1[C@H](c2ccc3c(N)ncnn23)O[C@](C#N)(CO[P@@](=O)(N[C@@H](C)C(=O)OCC2CCOCC2)Oc2ccccc2)[C@H]1OC(=O)C(C)C.CC(C)C(=O)O[C@H]1[C@H](c2ccc3c(N)ncnn23)O[C@](C#N)(CO[P@](=O)(N[C@@H](C)C(=O)OCC2CCOCC2)Oc2ccccc2)[C@H]1OC(=O)C(C)C. The third-order valence-electron chi connectivity index (χ3n) is 17.5. The van der Waals surface area contributed by atoms with Crippen molar-refractivity contribution in [2.45, 2.75) is 155 Å². The van der Waals surface area contributed by atoms with E-state index in [1.165, 1.54) is 59.8 Å². The molecule has 10 rings (SSSR count). The van der Waals surface area contributed by atoms with Crippen LogP contribution < -0.4 is 30.7 Å². The van der Waals surface area contributed by atoms with Crippen LogP contribution in [0.3, 0.4) is 0 Å². The zero-order valence-corrected chi connectivity index (χ0v) is 62.2. The minimum absolute atomic E-state index is 0.116. The summed E-state index contributed by atoms with van der Waals surface area (Å²) in [6, 6.07) is 24.2. The number of nitrogen functional groups attached to an aromatic ring is 2. The number of hydrogen-bond donors (Lipinski definition) is 4. The number of nitrogens with zero attached hydrogens (tertiary/aromatic N) is 8. The fourth-order valence-corrected chi connectivity index (χ4v) is 14.4. The number of fused-ring (bicyclic) bond motifs is 2. The van der Waals surface area contributed by atoms with Crippen molar-refractivity contribution in [3.05, 3.63) is 109 Å². The largest absolute Gasteiger partial charge is 0.464 e. The minimum atomic E-state index is -4.58. The van der Waals surface area contributed by atoms with Gasteiger partial charge in [-0.15, -0.1) is 0 Å². The quantitative estimate of drug-likeness (QED) is 0.0189. The van der Waals surface area contributed by atoms with Gasteiger partial charge >= 0.3 is 51.3 Å². The predicted octanol–water partition coefficient (Wildman–Crippen LogP) is 7.86. The molecule has 6 aromatic rings. The van der Waals surface area contributed by atoms with Crippen LogP contribution >= 0.6 is 15.5 Å². The van der Waals surface area contributed by atoms with Gasteiger partial charge in [0, 0.05) is 26.4 Å². The molecule has 0 aliphatic carbocycles. The van der Waals surface area contributed by atoms with E-state index in [9.17, 15) is 48.4 Å². The lowest BCUT2D eigenvalue weighted by molar-refractivity contribution is -0.173. The van der Waals surface area contributed by atoms with Crippen molar-refractivity contribution in [1.29, 1.82) is 10.5 Å². The smallest absolute Gasteiger partial charge is 0.459 e. The second-order valence-corrected chi connectivity index (χ2v) is 30.4. The summed E-state index contributed by atoms with van der Waals surface area (Å²) in [4.78, 5) is 86.9. The highest BCUT2D eigenvalue weighted by Gasteiger charge is 2.64. The van der Waals surface area contributed by atoms with Crippen LogP contribution in [-0.4, -0.2) is 166 Å². The number of nitrogens with two attached hydrogens (primary N) is 2. The standard InChI is InChI=1S/2C35H45N6O11P/c2*1-21(2)32(42)49-29-28(26-11-12-27-31(37)38-20-39-41(26)27)51-35(18-36,30(29)50-33(43)22(3)4)19-48-53(45,52-25-9-7-6-8-10-25)40-23(5)34(44)47-17-24-13-15-46-16-14-24/h2*6-12,20-24,28-30H,13-17,19H2,1-5H3,(H,40,45)(H2,37,38,39)/t23-,28-,29-,30-,35+,53+;23-,28-,29-,30-,35+,53-/m00/s1. The first-order valence-electron chi connectivity index (χ1n) is 34.7. The first kappa shape index (κ1) is 80.9. The van der Waals surface area contributed by atoms with E-state index in [0.717, 1.165) is 25.7 Å². The summed E-state index contributed by atoms with van der Waals surface area (Å²) in [5.74, 6) is -6.07. The molecule has 4 aromatic heterocycles. The van der Waals surface area contributed by atoms with Crippen LogP contribution in [0.2, 0.25) is 0 Å². The van der Waals surface area contributed by atoms with Crippen LogP contribution in [0, 0.1) is 58.2 Å². The summed E-state index contributed by atoms with van der Waals surface area (Å²) >= 11 is 0. The van der Waals surface area contributed by atoms with Crippen molar-refractivity contribution in [3.8, 4) is 23.6 Å². The highest BCUT2D eigenvalue weighted by molar-refractivity contribution is 7.52. The number of anilines is 2. The zero-order chi connectivity index (χ0) is 76.7. The van der Waals surface area contributed by atoms with Gasteiger partial charge in [-0.1, -0.05) is 91.8 Å². The van der Waals surface area contributed by atoms with Gasteiger partial charge in [-0.25, -0.2) is 28.1 Å². The molecule has 36 heteroatoms. The zero-order valence-electron chi connectivity index (χ0n) is 60.4. The molecule has 106 heavy (non-hydrogen) atoms. The molecule has 4 fully saturated rings.